The summed E-state index contributed by atoms with van der Waals surface area (Å²) in [6.07, 6.45) is 0. The van der Waals surface area contributed by atoms with Crippen LogP contribution in [0.25, 0.3) is 75.5 Å². The second-order valence-corrected chi connectivity index (χ2v) is 13.9. The third kappa shape index (κ3) is 5.01. The second-order valence-electron chi connectivity index (χ2n) is 12.9. The quantitative estimate of drug-likeness (QED) is 0.175. The molecule has 0 saturated carbocycles. The summed E-state index contributed by atoms with van der Waals surface area (Å²) in [5, 5.41) is 4.79. The number of hydrogen-bond donors (Lipinski definition) is 0. The number of benzene rings is 8. The van der Waals surface area contributed by atoms with E-state index in [-0.39, 0.29) is 0 Å². The second kappa shape index (κ2) is 12.2. The van der Waals surface area contributed by atoms with E-state index in [2.05, 4.69) is 181 Å². The van der Waals surface area contributed by atoms with Gasteiger partial charge in [-0.25, -0.2) is 0 Å². The Bertz CT molecular complexity index is 2870. The highest BCUT2D eigenvalue weighted by Crippen LogP contribution is 2.49. The summed E-state index contributed by atoms with van der Waals surface area (Å²) in [7, 11) is 0. The standard InChI is InChI=1S/C48H31NOS/c1-3-14-32(15-4-1)36-18-7-8-19-37(36)34-26-29-43(42(30-34)33-16-5-2-6-17-33)49(35-27-28-39-38-20-9-11-24-45(38)50-46(39)31-35)44-23-13-22-41-40-21-10-12-25-47(40)51-48(41)44/h1-31H. The molecule has 0 N–H and O–H groups in total. The van der Waals surface area contributed by atoms with Crippen molar-refractivity contribution < 1.29 is 4.42 Å². The molecule has 51 heavy (non-hydrogen) atoms. The minimum Gasteiger partial charge on any atom is -0.456 e. The number of nitrogens with zero attached hydrogens (tertiary/aromatic N) is 1. The van der Waals surface area contributed by atoms with Gasteiger partial charge in [0.25, 0.3) is 0 Å². The van der Waals surface area contributed by atoms with Gasteiger partial charge in [0.2, 0.25) is 0 Å². The van der Waals surface area contributed by atoms with Gasteiger partial charge in [-0.3, -0.25) is 0 Å². The van der Waals surface area contributed by atoms with Gasteiger partial charge >= 0.3 is 0 Å². The van der Waals surface area contributed by atoms with Crippen molar-refractivity contribution in [2.24, 2.45) is 0 Å². The van der Waals surface area contributed by atoms with E-state index in [0.717, 1.165) is 50.1 Å². The number of anilines is 3. The molecule has 0 amide bonds. The lowest BCUT2D eigenvalue weighted by molar-refractivity contribution is 0.669. The molecule has 10 rings (SSSR count). The van der Waals surface area contributed by atoms with Gasteiger partial charge in [-0.05, 0) is 70.3 Å². The van der Waals surface area contributed by atoms with Gasteiger partial charge in [0.05, 0.1) is 16.1 Å². The molecule has 0 radical (unpaired) electrons. The fourth-order valence-electron chi connectivity index (χ4n) is 7.52. The third-order valence-corrected chi connectivity index (χ3v) is 11.1. The fraction of sp³-hybridized carbons (Fsp3) is 0. The molecule has 10 aromatic rings. The van der Waals surface area contributed by atoms with Gasteiger partial charge < -0.3 is 9.32 Å². The lowest BCUT2D eigenvalue weighted by Gasteiger charge is -2.29. The molecular formula is C48H31NOS. The summed E-state index contributed by atoms with van der Waals surface area (Å²) in [6, 6.07) is 67.4. The predicted molar refractivity (Wildman–Crippen MR) is 218 cm³/mol. The number of para-hydroxylation sites is 1. The van der Waals surface area contributed by atoms with Crippen molar-refractivity contribution in [2.75, 3.05) is 4.90 Å². The first-order valence-corrected chi connectivity index (χ1v) is 18.1. The van der Waals surface area contributed by atoms with Crippen molar-refractivity contribution in [3.63, 3.8) is 0 Å². The molecule has 0 aliphatic heterocycles. The Balaban J connectivity index is 1.25. The van der Waals surface area contributed by atoms with E-state index in [1.54, 1.807) is 0 Å². The van der Waals surface area contributed by atoms with E-state index >= 15 is 0 Å². The Morgan fingerprint density at radius 2 is 1.00 bits per heavy atom. The minimum absolute atomic E-state index is 0.872. The monoisotopic (exact) mass is 669 g/mol. The van der Waals surface area contributed by atoms with Crippen LogP contribution in [0.2, 0.25) is 0 Å². The Hall–Kier alpha value is -6.42. The first kappa shape index (κ1) is 29.5. The molecule has 0 fully saturated rings. The normalized spacial score (nSPS) is 11.5. The smallest absolute Gasteiger partial charge is 0.137 e. The zero-order chi connectivity index (χ0) is 33.7. The first-order valence-electron chi connectivity index (χ1n) is 17.3. The summed E-state index contributed by atoms with van der Waals surface area (Å²) in [6.45, 7) is 0. The van der Waals surface area contributed by atoms with Crippen LogP contribution in [0.4, 0.5) is 17.1 Å². The summed E-state index contributed by atoms with van der Waals surface area (Å²) in [5.41, 5.74) is 12.2. The fourth-order valence-corrected chi connectivity index (χ4v) is 8.73. The van der Waals surface area contributed by atoms with Crippen LogP contribution in [0.1, 0.15) is 0 Å². The average molecular weight is 670 g/mol. The Kier molecular flexibility index (Phi) is 7.04. The maximum atomic E-state index is 6.47. The molecule has 3 heteroatoms. The van der Waals surface area contributed by atoms with Crippen molar-refractivity contribution in [1.29, 1.82) is 0 Å². The molecule has 0 unspecified atom stereocenters. The molecule has 240 valence electrons. The van der Waals surface area contributed by atoms with Crippen LogP contribution in [0, 0.1) is 0 Å². The summed E-state index contributed by atoms with van der Waals surface area (Å²) < 4.78 is 9.01. The average Bonchev–Trinajstić information content (AvgIpc) is 3.77. The van der Waals surface area contributed by atoms with Crippen LogP contribution < -0.4 is 4.90 Å². The highest BCUT2D eigenvalue weighted by atomic mass is 32.1. The van der Waals surface area contributed by atoms with Gasteiger partial charge in [0.15, 0.2) is 0 Å². The van der Waals surface area contributed by atoms with Gasteiger partial charge in [-0.2, -0.15) is 0 Å². The molecule has 2 aromatic heterocycles. The molecule has 0 aliphatic carbocycles. The van der Waals surface area contributed by atoms with Crippen molar-refractivity contribution in [2.45, 2.75) is 0 Å². The van der Waals surface area contributed by atoms with Crippen molar-refractivity contribution >= 4 is 70.5 Å². The Labute approximate surface area is 300 Å². The Morgan fingerprint density at radius 3 is 1.80 bits per heavy atom. The topological polar surface area (TPSA) is 16.4 Å². The highest BCUT2D eigenvalue weighted by molar-refractivity contribution is 7.26. The molecule has 8 aromatic carbocycles. The van der Waals surface area contributed by atoms with Crippen LogP contribution in [0.3, 0.4) is 0 Å². The number of hydrogen-bond acceptors (Lipinski definition) is 3. The van der Waals surface area contributed by atoms with Gasteiger partial charge in [0, 0.05) is 43.6 Å². The van der Waals surface area contributed by atoms with E-state index in [0.29, 0.717) is 0 Å². The van der Waals surface area contributed by atoms with Crippen LogP contribution in [-0.2, 0) is 0 Å². The molecule has 0 aliphatic rings. The van der Waals surface area contributed by atoms with E-state index in [1.165, 1.54) is 42.4 Å². The van der Waals surface area contributed by atoms with Crippen LogP contribution in [0.5, 0.6) is 0 Å². The zero-order valence-corrected chi connectivity index (χ0v) is 28.5. The number of rotatable bonds is 6. The summed E-state index contributed by atoms with van der Waals surface area (Å²) in [5.74, 6) is 0. The lowest BCUT2D eigenvalue weighted by Crippen LogP contribution is -2.11. The van der Waals surface area contributed by atoms with Crippen molar-refractivity contribution in [3.8, 4) is 33.4 Å². The third-order valence-electron chi connectivity index (χ3n) is 9.89. The summed E-state index contributed by atoms with van der Waals surface area (Å²) >= 11 is 1.85. The predicted octanol–water partition coefficient (Wildman–Crippen LogP) is 14.4. The zero-order valence-electron chi connectivity index (χ0n) is 27.7. The van der Waals surface area contributed by atoms with Crippen LogP contribution in [0.15, 0.2) is 192 Å². The molecule has 0 saturated heterocycles. The molecule has 2 nitrogen and oxygen atoms in total. The van der Waals surface area contributed by atoms with Crippen LogP contribution >= 0.6 is 11.3 Å². The van der Waals surface area contributed by atoms with Crippen LogP contribution in [-0.4, -0.2) is 0 Å². The number of fused-ring (bicyclic) bond motifs is 6. The minimum atomic E-state index is 0.872. The number of furan rings is 1. The maximum Gasteiger partial charge on any atom is 0.137 e. The number of thiophene rings is 1. The first-order chi connectivity index (χ1) is 25.3. The highest BCUT2D eigenvalue weighted by Gasteiger charge is 2.23. The largest absolute Gasteiger partial charge is 0.456 e. The van der Waals surface area contributed by atoms with E-state index < -0.39 is 0 Å². The molecule has 0 atom stereocenters. The van der Waals surface area contributed by atoms with Gasteiger partial charge in [-0.15, -0.1) is 11.3 Å². The lowest BCUT2D eigenvalue weighted by atomic mass is 9.91. The van der Waals surface area contributed by atoms with E-state index in [9.17, 15) is 0 Å². The molecule has 2 heterocycles. The molecular weight excluding hydrogens is 639 g/mol. The van der Waals surface area contributed by atoms with E-state index in [1.807, 2.05) is 23.5 Å². The van der Waals surface area contributed by atoms with Crippen molar-refractivity contribution in [3.05, 3.63) is 188 Å². The SMILES string of the molecule is c1ccc(-c2ccccc2-c2ccc(N(c3ccc4c(c3)oc3ccccc34)c3cccc4c3sc3ccccc34)c(-c3ccccc3)c2)cc1. The van der Waals surface area contributed by atoms with E-state index in [4.69, 9.17) is 4.42 Å². The van der Waals surface area contributed by atoms with Gasteiger partial charge in [0.1, 0.15) is 11.2 Å². The van der Waals surface area contributed by atoms with Crippen molar-refractivity contribution in [1.82, 2.24) is 0 Å². The Morgan fingerprint density at radius 1 is 0.373 bits per heavy atom. The maximum absolute atomic E-state index is 6.47. The van der Waals surface area contributed by atoms with Gasteiger partial charge in [-0.1, -0.05) is 140 Å². The summed E-state index contributed by atoms with van der Waals surface area (Å²) in [4.78, 5) is 2.43. The molecule has 0 bridgehead atoms. The molecule has 0 spiro atoms.